The van der Waals surface area contributed by atoms with Crippen molar-refractivity contribution in [3.63, 3.8) is 0 Å². The van der Waals surface area contributed by atoms with Gasteiger partial charge in [-0.25, -0.2) is 4.68 Å². The van der Waals surface area contributed by atoms with Crippen molar-refractivity contribution >= 4 is 15.9 Å². The van der Waals surface area contributed by atoms with Gasteiger partial charge in [-0.05, 0) is 36.4 Å². The maximum Gasteiger partial charge on any atom is 0.282 e. The molecule has 0 aliphatic heterocycles. The maximum absolute atomic E-state index is 12.3. The largest absolute Gasteiger partial charge is 0.497 e. The van der Waals surface area contributed by atoms with E-state index in [1.165, 1.54) is 6.07 Å². The SMILES string of the molecule is COc1ccc(-n2ccc(=O)c(-c3nc(-c4ccccc4Br)no3)n2)cc1. The van der Waals surface area contributed by atoms with Gasteiger partial charge in [0.1, 0.15) is 5.75 Å². The topological polar surface area (TPSA) is 83.0 Å². The van der Waals surface area contributed by atoms with Crippen LogP contribution in [0.1, 0.15) is 0 Å². The molecule has 27 heavy (non-hydrogen) atoms. The lowest BCUT2D eigenvalue weighted by Gasteiger charge is -2.06. The Morgan fingerprint density at radius 3 is 2.59 bits per heavy atom. The smallest absolute Gasteiger partial charge is 0.282 e. The third-order valence-electron chi connectivity index (χ3n) is 3.89. The first-order valence-corrected chi connectivity index (χ1v) is 8.78. The van der Waals surface area contributed by atoms with Gasteiger partial charge >= 0.3 is 0 Å². The average Bonchev–Trinajstić information content (AvgIpc) is 3.18. The molecule has 0 N–H and O–H groups in total. The summed E-state index contributed by atoms with van der Waals surface area (Å²) in [6.07, 6.45) is 1.58. The molecule has 0 saturated heterocycles. The third-order valence-corrected chi connectivity index (χ3v) is 4.58. The van der Waals surface area contributed by atoms with Gasteiger partial charge in [0.2, 0.25) is 11.3 Å². The molecule has 0 amide bonds. The molecule has 0 unspecified atom stereocenters. The van der Waals surface area contributed by atoms with Crippen molar-refractivity contribution in [3.05, 3.63) is 75.5 Å². The number of hydrogen-bond acceptors (Lipinski definition) is 6. The molecule has 0 fully saturated rings. The summed E-state index contributed by atoms with van der Waals surface area (Å²) in [5.41, 5.74) is 1.31. The minimum Gasteiger partial charge on any atom is -0.497 e. The third kappa shape index (κ3) is 3.39. The molecule has 4 aromatic rings. The van der Waals surface area contributed by atoms with E-state index < -0.39 is 0 Å². The molecule has 0 spiro atoms. The second-order valence-corrected chi connectivity index (χ2v) is 6.43. The molecule has 0 radical (unpaired) electrons. The minimum atomic E-state index is -0.304. The zero-order chi connectivity index (χ0) is 18.8. The molecule has 4 rings (SSSR count). The fraction of sp³-hybridized carbons (Fsp3) is 0.0526. The van der Waals surface area contributed by atoms with E-state index in [9.17, 15) is 4.79 Å². The first-order chi connectivity index (χ1) is 13.2. The van der Waals surface area contributed by atoms with Crippen molar-refractivity contribution in [1.82, 2.24) is 19.9 Å². The van der Waals surface area contributed by atoms with Crippen molar-refractivity contribution < 1.29 is 9.26 Å². The van der Waals surface area contributed by atoms with E-state index in [2.05, 4.69) is 31.2 Å². The van der Waals surface area contributed by atoms with Crippen molar-refractivity contribution in [2.24, 2.45) is 0 Å². The van der Waals surface area contributed by atoms with Crippen LogP contribution in [0, 0.1) is 0 Å². The standard InChI is InChI=1S/C19H13BrN4O3/c1-26-13-8-6-12(7-9-13)24-11-10-16(25)17(22-24)19-21-18(23-27-19)14-4-2-3-5-15(14)20/h2-11H,1H3. The van der Waals surface area contributed by atoms with Gasteiger partial charge in [-0.3, -0.25) is 4.79 Å². The quantitative estimate of drug-likeness (QED) is 0.496. The van der Waals surface area contributed by atoms with E-state index in [1.807, 2.05) is 48.5 Å². The van der Waals surface area contributed by atoms with Crippen LogP contribution < -0.4 is 10.2 Å². The van der Waals surface area contributed by atoms with Gasteiger partial charge in [0, 0.05) is 22.3 Å². The number of halogens is 1. The lowest BCUT2D eigenvalue weighted by Crippen LogP contribution is -2.12. The number of methoxy groups -OCH3 is 1. The van der Waals surface area contributed by atoms with Crippen LogP contribution in [0.15, 0.2) is 74.6 Å². The maximum atomic E-state index is 12.3. The average molecular weight is 425 g/mol. The normalized spacial score (nSPS) is 10.7. The second-order valence-electron chi connectivity index (χ2n) is 5.57. The fourth-order valence-corrected chi connectivity index (χ4v) is 2.97. The van der Waals surface area contributed by atoms with Gasteiger partial charge < -0.3 is 9.26 Å². The van der Waals surface area contributed by atoms with Gasteiger partial charge in [-0.15, -0.1) is 0 Å². The fourth-order valence-electron chi connectivity index (χ4n) is 2.51. The van der Waals surface area contributed by atoms with Crippen molar-refractivity contribution in [2.75, 3.05) is 7.11 Å². The molecule has 0 saturated carbocycles. The zero-order valence-corrected chi connectivity index (χ0v) is 15.8. The lowest BCUT2D eigenvalue weighted by atomic mass is 10.2. The van der Waals surface area contributed by atoms with Crippen molar-refractivity contribution in [3.8, 4) is 34.4 Å². The van der Waals surface area contributed by atoms with Crippen LogP contribution in [0.25, 0.3) is 28.7 Å². The summed E-state index contributed by atoms with van der Waals surface area (Å²) in [6, 6.07) is 16.2. The number of benzene rings is 2. The highest BCUT2D eigenvalue weighted by atomic mass is 79.9. The Kier molecular flexibility index (Phi) is 4.55. The predicted molar refractivity (Wildman–Crippen MR) is 103 cm³/mol. The summed E-state index contributed by atoms with van der Waals surface area (Å²) in [5, 5.41) is 8.32. The lowest BCUT2D eigenvalue weighted by molar-refractivity contribution is 0.414. The Labute approximate surface area is 162 Å². The molecule has 2 aromatic heterocycles. The van der Waals surface area contributed by atoms with Gasteiger partial charge in [-0.2, -0.15) is 10.1 Å². The molecule has 0 atom stereocenters. The number of ether oxygens (including phenoxy) is 1. The molecule has 8 heteroatoms. The van der Waals surface area contributed by atoms with Crippen LogP contribution in [-0.2, 0) is 0 Å². The van der Waals surface area contributed by atoms with E-state index in [0.717, 1.165) is 21.5 Å². The Morgan fingerprint density at radius 1 is 1.07 bits per heavy atom. The van der Waals surface area contributed by atoms with Crippen LogP contribution in [0.2, 0.25) is 0 Å². The molecule has 0 aliphatic rings. The van der Waals surface area contributed by atoms with E-state index in [4.69, 9.17) is 9.26 Å². The van der Waals surface area contributed by atoms with Crippen LogP contribution in [0.3, 0.4) is 0 Å². The minimum absolute atomic E-state index is 0.0635. The summed E-state index contributed by atoms with van der Waals surface area (Å²) >= 11 is 3.45. The Balaban J connectivity index is 1.74. The van der Waals surface area contributed by atoms with E-state index in [1.54, 1.807) is 18.0 Å². The van der Waals surface area contributed by atoms with Gasteiger partial charge in [-0.1, -0.05) is 33.2 Å². The molecule has 134 valence electrons. The number of hydrogen-bond donors (Lipinski definition) is 0. The van der Waals surface area contributed by atoms with Gasteiger partial charge in [0.05, 0.1) is 12.8 Å². The summed E-state index contributed by atoms with van der Waals surface area (Å²) in [7, 11) is 1.60. The predicted octanol–water partition coefficient (Wildman–Crippen LogP) is 3.72. The second kappa shape index (κ2) is 7.16. The Bertz CT molecular complexity index is 1150. The molecular weight excluding hydrogens is 412 g/mol. The van der Waals surface area contributed by atoms with E-state index >= 15 is 0 Å². The van der Waals surface area contributed by atoms with Crippen molar-refractivity contribution in [2.45, 2.75) is 0 Å². The first-order valence-electron chi connectivity index (χ1n) is 7.99. The number of nitrogens with zero attached hydrogens (tertiary/aromatic N) is 4. The molecule has 7 nitrogen and oxygen atoms in total. The molecule has 2 heterocycles. The molecule has 0 aliphatic carbocycles. The van der Waals surface area contributed by atoms with Crippen LogP contribution in [0.4, 0.5) is 0 Å². The highest BCUT2D eigenvalue weighted by Crippen LogP contribution is 2.26. The first kappa shape index (κ1) is 17.2. The summed E-state index contributed by atoms with van der Waals surface area (Å²) < 4.78 is 12.8. The molecule has 2 aromatic carbocycles. The summed E-state index contributed by atoms with van der Waals surface area (Å²) in [4.78, 5) is 16.6. The van der Waals surface area contributed by atoms with Crippen LogP contribution in [-0.4, -0.2) is 27.0 Å². The van der Waals surface area contributed by atoms with Gasteiger partial charge in [0.25, 0.3) is 5.89 Å². The number of aromatic nitrogens is 4. The van der Waals surface area contributed by atoms with Crippen molar-refractivity contribution in [1.29, 1.82) is 0 Å². The summed E-state index contributed by atoms with van der Waals surface area (Å²) in [6.45, 7) is 0. The molecule has 0 bridgehead atoms. The Morgan fingerprint density at radius 2 is 1.85 bits per heavy atom. The van der Waals surface area contributed by atoms with Gasteiger partial charge in [0.15, 0.2) is 5.69 Å². The van der Waals surface area contributed by atoms with E-state index in [0.29, 0.717) is 5.82 Å². The van der Waals surface area contributed by atoms with E-state index in [-0.39, 0.29) is 17.0 Å². The summed E-state index contributed by atoms with van der Waals surface area (Å²) in [5.74, 6) is 1.17. The zero-order valence-electron chi connectivity index (χ0n) is 14.2. The Hall–Kier alpha value is -3.26. The monoisotopic (exact) mass is 424 g/mol. The number of rotatable bonds is 4. The highest BCUT2D eigenvalue weighted by molar-refractivity contribution is 9.10. The molecular formula is C19H13BrN4O3. The van der Waals surface area contributed by atoms with Crippen LogP contribution >= 0.6 is 15.9 Å². The highest BCUT2D eigenvalue weighted by Gasteiger charge is 2.17. The van der Waals surface area contributed by atoms with Crippen LogP contribution in [0.5, 0.6) is 5.75 Å².